The largest absolute Gasteiger partial charge is 0.330 e. The van der Waals surface area contributed by atoms with Crippen molar-refractivity contribution in [2.45, 2.75) is 31.6 Å². The van der Waals surface area contributed by atoms with Gasteiger partial charge in [-0.15, -0.1) is 0 Å². The molecule has 19 heavy (non-hydrogen) atoms. The summed E-state index contributed by atoms with van der Waals surface area (Å²) < 4.78 is 0. The summed E-state index contributed by atoms with van der Waals surface area (Å²) in [6.45, 7) is 2.67. The molecule has 0 spiro atoms. The van der Waals surface area contributed by atoms with Gasteiger partial charge in [0, 0.05) is 17.8 Å². The highest BCUT2D eigenvalue weighted by atomic mass is 14.9. The van der Waals surface area contributed by atoms with Crippen LogP contribution in [0.3, 0.4) is 0 Å². The van der Waals surface area contributed by atoms with E-state index in [0.717, 1.165) is 36.5 Å². The maximum atomic E-state index is 5.64. The second-order valence-electron chi connectivity index (χ2n) is 5.31. The fourth-order valence-corrected chi connectivity index (χ4v) is 2.65. The lowest BCUT2D eigenvalue weighted by Crippen LogP contribution is -2.16. The molecule has 1 fully saturated rings. The van der Waals surface area contributed by atoms with Crippen molar-refractivity contribution in [3.8, 4) is 0 Å². The molecule has 0 unspecified atom stereocenters. The zero-order valence-corrected chi connectivity index (χ0v) is 11.3. The van der Waals surface area contributed by atoms with Crippen molar-refractivity contribution in [3.63, 3.8) is 0 Å². The summed E-state index contributed by atoms with van der Waals surface area (Å²) in [5.41, 5.74) is 9.12. The minimum Gasteiger partial charge on any atom is -0.330 e. The molecule has 1 heterocycles. The summed E-state index contributed by atoms with van der Waals surface area (Å²) in [4.78, 5) is 9.42. The van der Waals surface area contributed by atoms with Crippen LogP contribution in [-0.4, -0.2) is 16.5 Å². The van der Waals surface area contributed by atoms with Gasteiger partial charge in [0.05, 0.1) is 5.41 Å². The van der Waals surface area contributed by atoms with E-state index in [1.54, 1.807) is 0 Å². The summed E-state index contributed by atoms with van der Waals surface area (Å²) in [6.07, 6.45) is 3.10. The van der Waals surface area contributed by atoms with Gasteiger partial charge < -0.3 is 5.73 Å². The van der Waals surface area contributed by atoms with E-state index in [1.165, 1.54) is 5.56 Å². The number of aromatic nitrogens is 2. The van der Waals surface area contributed by atoms with Gasteiger partial charge in [-0.1, -0.05) is 30.3 Å². The van der Waals surface area contributed by atoms with Gasteiger partial charge in [0.25, 0.3) is 0 Å². The summed E-state index contributed by atoms with van der Waals surface area (Å²) in [5.74, 6) is 0.974. The molecule has 0 aliphatic heterocycles. The van der Waals surface area contributed by atoms with E-state index in [1.807, 2.05) is 13.0 Å². The average Bonchev–Trinajstić information content (AvgIpc) is 3.21. The maximum absolute atomic E-state index is 5.64. The number of nitrogens with zero attached hydrogens (tertiary/aromatic N) is 2. The van der Waals surface area contributed by atoms with E-state index in [0.29, 0.717) is 6.54 Å². The highest BCUT2D eigenvalue weighted by Crippen LogP contribution is 2.52. The number of nitrogens with two attached hydrogens (primary N) is 1. The Kier molecular flexibility index (Phi) is 3.07. The van der Waals surface area contributed by atoms with Crippen LogP contribution in [0.2, 0.25) is 0 Å². The molecule has 98 valence electrons. The van der Waals surface area contributed by atoms with E-state index < -0.39 is 0 Å². The smallest absolute Gasteiger partial charge is 0.139 e. The number of benzene rings is 1. The predicted molar refractivity (Wildman–Crippen MR) is 76.0 cm³/mol. The van der Waals surface area contributed by atoms with Crippen LogP contribution in [0.5, 0.6) is 0 Å². The fraction of sp³-hybridized carbons (Fsp3) is 0.375. The van der Waals surface area contributed by atoms with Crippen molar-refractivity contribution < 1.29 is 0 Å². The minimum absolute atomic E-state index is 0.0522. The van der Waals surface area contributed by atoms with E-state index in [2.05, 4.69) is 35.3 Å². The SMILES string of the molecule is Cc1cc(CCN)nc(C2(c3ccccc3)CC2)n1. The van der Waals surface area contributed by atoms with Gasteiger partial charge in [-0.05, 0) is 37.9 Å². The summed E-state index contributed by atoms with van der Waals surface area (Å²) in [6, 6.07) is 12.6. The van der Waals surface area contributed by atoms with Gasteiger partial charge >= 0.3 is 0 Å². The van der Waals surface area contributed by atoms with E-state index in [4.69, 9.17) is 10.7 Å². The normalized spacial score (nSPS) is 16.3. The Balaban J connectivity index is 2.02. The second kappa shape index (κ2) is 4.74. The zero-order valence-electron chi connectivity index (χ0n) is 11.3. The van der Waals surface area contributed by atoms with Gasteiger partial charge in [-0.2, -0.15) is 0 Å². The quantitative estimate of drug-likeness (QED) is 0.910. The van der Waals surface area contributed by atoms with Crippen molar-refractivity contribution in [1.29, 1.82) is 0 Å². The number of hydrogen-bond acceptors (Lipinski definition) is 3. The molecule has 1 saturated carbocycles. The Morgan fingerprint density at radius 2 is 1.89 bits per heavy atom. The van der Waals surface area contributed by atoms with Gasteiger partial charge in [-0.3, -0.25) is 0 Å². The molecule has 3 rings (SSSR count). The first-order valence-corrected chi connectivity index (χ1v) is 6.85. The third kappa shape index (κ3) is 2.26. The highest BCUT2D eigenvalue weighted by Gasteiger charge is 2.48. The van der Waals surface area contributed by atoms with Crippen molar-refractivity contribution in [2.24, 2.45) is 5.73 Å². The van der Waals surface area contributed by atoms with E-state index >= 15 is 0 Å². The topological polar surface area (TPSA) is 51.8 Å². The van der Waals surface area contributed by atoms with Crippen LogP contribution in [0.25, 0.3) is 0 Å². The van der Waals surface area contributed by atoms with Gasteiger partial charge in [-0.25, -0.2) is 9.97 Å². The molecule has 1 aromatic carbocycles. The fourth-order valence-electron chi connectivity index (χ4n) is 2.65. The van der Waals surface area contributed by atoms with Crippen molar-refractivity contribution >= 4 is 0 Å². The van der Waals surface area contributed by atoms with E-state index in [9.17, 15) is 0 Å². The lowest BCUT2D eigenvalue weighted by molar-refractivity contribution is 0.728. The Bertz CT molecular complexity index is 574. The summed E-state index contributed by atoms with van der Waals surface area (Å²) in [5, 5.41) is 0. The molecule has 0 radical (unpaired) electrons. The van der Waals surface area contributed by atoms with Crippen LogP contribution in [0, 0.1) is 6.92 Å². The highest BCUT2D eigenvalue weighted by molar-refractivity contribution is 5.39. The molecule has 1 aliphatic carbocycles. The van der Waals surface area contributed by atoms with Gasteiger partial charge in [0.1, 0.15) is 5.82 Å². The zero-order chi connectivity index (χ0) is 13.3. The standard InChI is InChI=1S/C16H19N3/c1-12-11-14(7-10-17)19-15(18-12)16(8-9-16)13-5-3-2-4-6-13/h2-6,11H,7-10,17H2,1H3. The first-order chi connectivity index (χ1) is 9.24. The van der Waals surface area contributed by atoms with E-state index in [-0.39, 0.29) is 5.41 Å². The Labute approximate surface area is 113 Å². The van der Waals surface area contributed by atoms with Gasteiger partial charge in [0.2, 0.25) is 0 Å². The lowest BCUT2D eigenvalue weighted by Gasteiger charge is -2.16. The molecule has 1 aromatic heterocycles. The van der Waals surface area contributed by atoms with Crippen LogP contribution in [0.1, 0.15) is 35.6 Å². The third-order valence-electron chi connectivity index (χ3n) is 3.81. The summed E-state index contributed by atoms with van der Waals surface area (Å²) >= 11 is 0. The van der Waals surface area contributed by atoms with Gasteiger partial charge in [0.15, 0.2) is 0 Å². The molecule has 0 bridgehead atoms. The molecule has 0 amide bonds. The third-order valence-corrected chi connectivity index (χ3v) is 3.81. The molecule has 2 aromatic rings. The molecule has 2 N–H and O–H groups in total. The molecule has 3 heteroatoms. The number of rotatable bonds is 4. The van der Waals surface area contributed by atoms with Crippen LogP contribution >= 0.6 is 0 Å². The molecular weight excluding hydrogens is 234 g/mol. The van der Waals surface area contributed by atoms with Crippen molar-refractivity contribution in [3.05, 3.63) is 59.2 Å². The first-order valence-electron chi connectivity index (χ1n) is 6.85. The van der Waals surface area contributed by atoms with Crippen LogP contribution in [-0.2, 0) is 11.8 Å². The first kappa shape index (κ1) is 12.3. The van der Waals surface area contributed by atoms with Crippen molar-refractivity contribution in [1.82, 2.24) is 9.97 Å². The Morgan fingerprint density at radius 3 is 2.53 bits per heavy atom. The van der Waals surface area contributed by atoms with Crippen LogP contribution in [0.15, 0.2) is 36.4 Å². The molecular formula is C16H19N3. The Morgan fingerprint density at radius 1 is 1.16 bits per heavy atom. The lowest BCUT2D eigenvalue weighted by atomic mass is 9.95. The number of hydrogen-bond donors (Lipinski definition) is 1. The molecule has 0 saturated heterocycles. The molecule has 0 atom stereocenters. The average molecular weight is 253 g/mol. The predicted octanol–water partition coefficient (Wildman–Crippen LogP) is 2.37. The Hall–Kier alpha value is -1.74. The van der Waals surface area contributed by atoms with Crippen LogP contribution in [0.4, 0.5) is 0 Å². The minimum atomic E-state index is 0.0522. The van der Waals surface area contributed by atoms with Crippen LogP contribution < -0.4 is 5.73 Å². The monoisotopic (exact) mass is 253 g/mol. The maximum Gasteiger partial charge on any atom is 0.139 e. The number of aryl methyl sites for hydroxylation is 1. The summed E-state index contributed by atoms with van der Waals surface area (Å²) in [7, 11) is 0. The molecule has 3 nitrogen and oxygen atoms in total. The second-order valence-corrected chi connectivity index (χ2v) is 5.31. The van der Waals surface area contributed by atoms with Crippen molar-refractivity contribution in [2.75, 3.05) is 6.54 Å². The molecule has 1 aliphatic rings.